The van der Waals surface area contributed by atoms with E-state index in [1.54, 1.807) is 6.07 Å². The van der Waals surface area contributed by atoms with E-state index in [1.807, 2.05) is 13.0 Å². The standard InChI is InChI=1S/C13H20O/c1-8(2)11-6-7-12(14)10(5)13(11)9(3)4/h6-9,14H,1-5H3. The van der Waals surface area contributed by atoms with Crippen molar-refractivity contribution in [3.05, 3.63) is 28.8 Å². The second-order valence-corrected chi connectivity index (χ2v) is 4.52. The summed E-state index contributed by atoms with van der Waals surface area (Å²) in [6.07, 6.45) is 0. The molecule has 0 bridgehead atoms. The van der Waals surface area contributed by atoms with E-state index in [0.29, 0.717) is 17.6 Å². The summed E-state index contributed by atoms with van der Waals surface area (Å²) in [7, 11) is 0. The van der Waals surface area contributed by atoms with Gasteiger partial charge in [0.15, 0.2) is 0 Å². The number of hydrogen-bond donors (Lipinski definition) is 1. The Kier molecular flexibility index (Phi) is 3.20. The molecule has 0 aliphatic carbocycles. The Hall–Kier alpha value is -0.980. The largest absolute Gasteiger partial charge is 0.508 e. The normalized spacial score (nSPS) is 11.4. The van der Waals surface area contributed by atoms with Gasteiger partial charge in [0.1, 0.15) is 5.75 Å². The van der Waals surface area contributed by atoms with E-state index < -0.39 is 0 Å². The molecule has 0 amide bonds. The summed E-state index contributed by atoms with van der Waals surface area (Å²) in [6, 6.07) is 3.85. The van der Waals surface area contributed by atoms with Gasteiger partial charge >= 0.3 is 0 Å². The van der Waals surface area contributed by atoms with Gasteiger partial charge in [-0.05, 0) is 41.5 Å². The van der Waals surface area contributed by atoms with Crippen molar-refractivity contribution in [1.82, 2.24) is 0 Å². The van der Waals surface area contributed by atoms with E-state index >= 15 is 0 Å². The topological polar surface area (TPSA) is 20.2 Å². The molecule has 0 fully saturated rings. The number of aromatic hydroxyl groups is 1. The second kappa shape index (κ2) is 4.04. The molecule has 1 aromatic carbocycles. The van der Waals surface area contributed by atoms with Crippen molar-refractivity contribution in [1.29, 1.82) is 0 Å². The fourth-order valence-electron chi connectivity index (χ4n) is 2.01. The van der Waals surface area contributed by atoms with Gasteiger partial charge in [-0.15, -0.1) is 0 Å². The molecule has 0 atom stereocenters. The molecular weight excluding hydrogens is 172 g/mol. The van der Waals surface area contributed by atoms with Crippen molar-refractivity contribution in [2.45, 2.75) is 46.5 Å². The first-order valence-electron chi connectivity index (χ1n) is 5.27. The van der Waals surface area contributed by atoms with Crippen LogP contribution in [0.25, 0.3) is 0 Å². The first-order chi connectivity index (χ1) is 6.45. The van der Waals surface area contributed by atoms with Gasteiger partial charge in [-0.2, -0.15) is 0 Å². The summed E-state index contributed by atoms with van der Waals surface area (Å²) in [5.74, 6) is 1.41. The van der Waals surface area contributed by atoms with Crippen LogP contribution in [0.15, 0.2) is 12.1 Å². The molecule has 0 spiro atoms. The maximum atomic E-state index is 9.66. The highest BCUT2D eigenvalue weighted by Crippen LogP contribution is 2.33. The summed E-state index contributed by atoms with van der Waals surface area (Å²) in [4.78, 5) is 0. The molecule has 1 aromatic rings. The van der Waals surface area contributed by atoms with E-state index in [4.69, 9.17) is 0 Å². The zero-order valence-corrected chi connectivity index (χ0v) is 9.76. The minimum absolute atomic E-state index is 0.415. The van der Waals surface area contributed by atoms with Crippen LogP contribution < -0.4 is 0 Å². The lowest BCUT2D eigenvalue weighted by Gasteiger charge is -2.19. The maximum Gasteiger partial charge on any atom is 0.118 e. The number of rotatable bonds is 2. The third kappa shape index (κ3) is 1.92. The smallest absolute Gasteiger partial charge is 0.118 e. The van der Waals surface area contributed by atoms with Crippen LogP contribution in [-0.4, -0.2) is 5.11 Å². The van der Waals surface area contributed by atoms with Crippen LogP contribution in [0.3, 0.4) is 0 Å². The van der Waals surface area contributed by atoms with Gasteiger partial charge in [0.2, 0.25) is 0 Å². The van der Waals surface area contributed by atoms with Crippen LogP contribution in [0.4, 0.5) is 0 Å². The van der Waals surface area contributed by atoms with Crippen LogP contribution in [0.5, 0.6) is 5.75 Å². The molecule has 0 saturated heterocycles. The SMILES string of the molecule is Cc1c(O)ccc(C(C)C)c1C(C)C. The first kappa shape index (κ1) is 11.1. The molecular formula is C13H20O. The third-order valence-corrected chi connectivity index (χ3v) is 2.72. The summed E-state index contributed by atoms with van der Waals surface area (Å²) < 4.78 is 0. The molecule has 0 saturated carbocycles. The average molecular weight is 192 g/mol. The molecule has 1 rings (SSSR count). The Morgan fingerprint density at radius 3 is 2.00 bits per heavy atom. The fourth-order valence-corrected chi connectivity index (χ4v) is 2.01. The predicted molar refractivity (Wildman–Crippen MR) is 61.0 cm³/mol. The molecule has 1 heteroatoms. The van der Waals surface area contributed by atoms with E-state index in [2.05, 4.69) is 27.7 Å². The monoisotopic (exact) mass is 192 g/mol. The van der Waals surface area contributed by atoms with Crippen molar-refractivity contribution in [2.24, 2.45) is 0 Å². The average Bonchev–Trinajstić information content (AvgIpc) is 2.08. The summed E-state index contributed by atoms with van der Waals surface area (Å²) in [5, 5.41) is 9.66. The van der Waals surface area contributed by atoms with Crippen LogP contribution in [0.2, 0.25) is 0 Å². The van der Waals surface area contributed by atoms with Gasteiger partial charge in [0.05, 0.1) is 0 Å². The van der Waals surface area contributed by atoms with Crippen LogP contribution in [-0.2, 0) is 0 Å². The van der Waals surface area contributed by atoms with Gasteiger partial charge in [-0.25, -0.2) is 0 Å². The van der Waals surface area contributed by atoms with Gasteiger partial charge in [-0.3, -0.25) is 0 Å². The highest BCUT2D eigenvalue weighted by Gasteiger charge is 2.14. The van der Waals surface area contributed by atoms with Crippen molar-refractivity contribution in [3.63, 3.8) is 0 Å². The lowest BCUT2D eigenvalue weighted by Crippen LogP contribution is -2.01. The Morgan fingerprint density at radius 1 is 1.00 bits per heavy atom. The van der Waals surface area contributed by atoms with Crippen molar-refractivity contribution >= 4 is 0 Å². The quantitative estimate of drug-likeness (QED) is 0.752. The van der Waals surface area contributed by atoms with Crippen LogP contribution >= 0.6 is 0 Å². The molecule has 1 nitrogen and oxygen atoms in total. The Bertz CT molecular complexity index is 324. The highest BCUT2D eigenvalue weighted by atomic mass is 16.3. The molecule has 0 aromatic heterocycles. The Morgan fingerprint density at radius 2 is 1.57 bits per heavy atom. The Labute approximate surface area is 86.8 Å². The van der Waals surface area contributed by atoms with E-state index in [-0.39, 0.29) is 0 Å². The zero-order valence-electron chi connectivity index (χ0n) is 9.76. The van der Waals surface area contributed by atoms with Crippen LogP contribution in [0.1, 0.15) is 56.2 Å². The zero-order chi connectivity index (χ0) is 10.9. The van der Waals surface area contributed by atoms with E-state index in [0.717, 1.165) is 5.56 Å². The van der Waals surface area contributed by atoms with Crippen molar-refractivity contribution in [2.75, 3.05) is 0 Å². The fraction of sp³-hybridized carbons (Fsp3) is 0.538. The maximum absolute atomic E-state index is 9.66. The number of phenolic OH excluding ortho intramolecular Hbond substituents is 1. The molecule has 0 aliphatic heterocycles. The van der Waals surface area contributed by atoms with Crippen molar-refractivity contribution < 1.29 is 5.11 Å². The molecule has 14 heavy (non-hydrogen) atoms. The lowest BCUT2D eigenvalue weighted by molar-refractivity contribution is 0.469. The summed E-state index contributed by atoms with van der Waals surface area (Å²) in [6.45, 7) is 10.7. The predicted octanol–water partition coefficient (Wildman–Crippen LogP) is 3.95. The summed E-state index contributed by atoms with van der Waals surface area (Å²) in [5.41, 5.74) is 3.70. The van der Waals surface area contributed by atoms with Gasteiger partial charge < -0.3 is 5.11 Å². The first-order valence-corrected chi connectivity index (χ1v) is 5.27. The van der Waals surface area contributed by atoms with E-state index in [9.17, 15) is 5.11 Å². The van der Waals surface area contributed by atoms with Crippen molar-refractivity contribution in [3.8, 4) is 5.75 Å². The second-order valence-electron chi connectivity index (χ2n) is 4.52. The molecule has 1 N–H and O–H groups in total. The minimum atomic E-state index is 0.415. The molecule has 0 radical (unpaired) electrons. The third-order valence-electron chi connectivity index (χ3n) is 2.72. The molecule has 0 unspecified atom stereocenters. The minimum Gasteiger partial charge on any atom is -0.508 e. The number of hydrogen-bond acceptors (Lipinski definition) is 1. The number of phenols is 1. The lowest BCUT2D eigenvalue weighted by atomic mass is 9.87. The number of benzene rings is 1. The molecule has 0 heterocycles. The van der Waals surface area contributed by atoms with E-state index in [1.165, 1.54) is 11.1 Å². The van der Waals surface area contributed by atoms with Gasteiger partial charge in [0, 0.05) is 0 Å². The highest BCUT2D eigenvalue weighted by molar-refractivity contribution is 5.46. The molecule has 0 aliphatic rings. The van der Waals surface area contributed by atoms with Gasteiger partial charge in [0.25, 0.3) is 0 Å². The van der Waals surface area contributed by atoms with Crippen LogP contribution in [0, 0.1) is 6.92 Å². The molecule has 78 valence electrons. The van der Waals surface area contributed by atoms with Gasteiger partial charge in [-0.1, -0.05) is 33.8 Å². The summed E-state index contributed by atoms with van der Waals surface area (Å²) >= 11 is 0. The Balaban J connectivity index is 3.38.